The first-order chi connectivity index (χ1) is 10.1. The van der Waals surface area contributed by atoms with Crippen LogP contribution in [0.15, 0.2) is 30.3 Å². The maximum Gasteiger partial charge on any atom is 0.270 e. The van der Waals surface area contributed by atoms with Gasteiger partial charge in [0, 0.05) is 30.7 Å². The number of aliphatic hydroxyl groups excluding tert-OH is 1. The van der Waals surface area contributed by atoms with E-state index in [-0.39, 0.29) is 12.3 Å². The van der Waals surface area contributed by atoms with Crippen LogP contribution in [0, 0.1) is 16.0 Å². The van der Waals surface area contributed by atoms with Crippen LogP contribution in [0.25, 0.3) is 10.9 Å². The van der Waals surface area contributed by atoms with Gasteiger partial charge in [0.2, 0.25) is 0 Å². The van der Waals surface area contributed by atoms with E-state index < -0.39 is 4.92 Å². The third-order valence-corrected chi connectivity index (χ3v) is 3.38. The molecule has 6 nitrogen and oxygen atoms in total. The van der Waals surface area contributed by atoms with Crippen molar-refractivity contribution in [2.45, 2.75) is 19.8 Å². The monoisotopic (exact) mass is 289 g/mol. The van der Waals surface area contributed by atoms with Crippen LogP contribution in [0.1, 0.15) is 19.8 Å². The molecule has 0 radical (unpaired) electrons. The maximum absolute atomic E-state index is 10.7. The average Bonchev–Trinajstić information content (AvgIpc) is 2.50. The van der Waals surface area contributed by atoms with Gasteiger partial charge >= 0.3 is 0 Å². The molecule has 112 valence electrons. The molecule has 1 heterocycles. The highest BCUT2D eigenvalue weighted by molar-refractivity contribution is 5.82. The zero-order valence-corrected chi connectivity index (χ0v) is 12.0. The summed E-state index contributed by atoms with van der Waals surface area (Å²) in [5, 5.41) is 23.7. The summed E-state index contributed by atoms with van der Waals surface area (Å²) in [6.07, 6.45) is 1.92. The predicted molar refractivity (Wildman–Crippen MR) is 82.4 cm³/mol. The molecule has 1 unspecified atom stereocenters. The molecular weight excluding hydrogens is 270 g/mol. The molecule has 0 aliphatic rings. The molecule has 0 aliphatic heterocycles. The fourth-order valence-electron chi connectivity index (χ4n) is 2.08. The minimum atomic E-state index is -0.409. The second-order valence-electron chi connectivity index (χ2n) is 5.19. The molecule has 6 heteroatoms. The number of aliphatic hydroxyl groups is 1. The van der Waals surface area contributed by atoms with E-state index in [9.17, 15) is 10.1 Å². The number of pyridine rings is 1. The normalized spacial score (nSPS) is 12.3. The second-order valence-corrected chi connectivity index (χ2v) is 5.19. The molecule has 2 N–H and O–H groups in total. The van der Waals surface area contributed by atoms with E-state index in [4.69, 9.17) is 5.11 Å². The van der Waals surface area contributed by atoms with E-state index in [0.717, 1.165) is 36.1 Å². The van der Waals surface area contributed by atoms with Gasteiger partial charge < -0.3 is 10.4 Å². The van der Waals surface area contributed by atoms with E-state index in [1.165, 1.54) is 12.1 Å². The summed E-state index contributed by atoms with van der Waals surface area (Å²) < 4.78 is 0. The van der Waals surface area contributed by atoms with Gasteiger partial charge in [0.1, 0.15) is 5.82 Å². The number of nitro benzene ring substituents is 1. The summed E-state index contributed by atoms with van der Waals surface area (Å²) in [4.78, 5) is 14.7. The van der Waals surface area contributed by atoms with Crippen molar-refractivity contribution in [1.82, 2.24) is 4.98 Å². The Kier molecular flexibility index (Phi) is 5.05. The molecule has 1 aromatic carbocycles. The second kappa shape index (κ2) is 6.99. The van der Waals surface area contributed by atoms with Gasteiger partial charge in [0.15, 0.2) is 0 Å². The lowest BCUT2D eigenvalue weighted by Crippen LogP contribution is -2.07. The number of nitrogens with zero attached hydrogens (tertiary/aromatic N) is 2. The molecule has 0 spiro atoms. The Bertz CT molecular complexity index is 631. The summed E-state index contributed by atoms with van der Waals surface area (Å²) >= 11 is 0. The summed E-state index contributed by atoms with van der Waals surface area (Å²) in [5.74, 6) is 1.07. The molecule has 21 heavy (non-hydrogen) atoms. The van der Waals surface area contributed by atoms with Crippen LogP contribution in [0.3, 0.4) is 0 Å². The molecule has 0 bridgehead atoms. The predicted octanol–water partition coefficient (Wildman–Crippen LogP) is 2.96. The van der Waals surface area contributed by atoms with E-state index >= 15 is 0 Å². The van der Waals surface area contributed by atoms with Gasteiger partial charge in [-0.3, -0.25) is 10.1 Å². The van der Waals surface area contributed by atoms with Gasteiger partial charge in [-0.25, -0.2) is 4.98 Å². The van der Waals surface area contributed by atoms with Gasteiger partial charge in [0.25, 0.3) is 5.69 Å². The number of aromatic nitrogens is 1. The smallest absolute Gasteiger partial charge is 0.270 e. The number of benzene rings is 1. The van der Waals surface area contributed by atoms with Crippen LogP contribution in [0.2, 0.25) is 0 Å². The molecule has 0 saturated heterocycles. The standard InChI is InChI=1S/C15H19N3O3/c1-11(10-19)3-2-8-16-15-7-4-12-9-13(18(20)21)5-6-14(12)17-15/h4-7,9,11,19H,2-3,8,10H2,1H3,(H,16,17). The molecule has 2 aromatic rings. The van der Waals surface area contributed by atoms with Crippen molar-refractivity contribution in [2.24, 2.45) is 5.92 Å². The van der Waals surface area contributed by atoms with E-state index in [0.29, 0.717) is 5.92 Å². The number of rotatable bonds is 7. The Labute approximate surface area is 123 Å². The molecule has 1 aromatic heterocycles. The topological polar surface area (TPSA) is 88.3 Å². The van der Waals surface area contributed by atoms with Gasteiger partial charge in [-0.15, -0.1) is 0 Å². The lowest BCUT2D eigenvalue weighted by molar-refractivity contribution is -0.384. The van der Waals surface area contributed by atoms with Crippen molar-refractivity contribution in [3.63, 3.8) is 0 Å². The van der Waals surface area contributed by atoms with Crippen LogP contribution in [0.5, 0.6) is 0 Å². The lowest BCUT2D eigenvalue weighted by Gasteiger charge is -2.09. The molecule has 2 rings (SSSR count). The third-order valence-electron chi connectivity index (χ3n) is 3.38. The van der Waals surface area contributed by atoms with E-state index in [1.807, 2.05) is 19.1 Å². The molecule has 0 saturated carbocycles. The number of anilines is 1. The maximum atomic E-state index is 10.7. The third kappa shape index (κ3) is 4.13. The van der Waals surface area contributed by atoms with Crippen molar-refractivity contribution in [1.29, 1.82) is 0 Å². The van der Waals surface area contributed by atoms with Crippen LogP contribution in [-0.4, -0.2) is 28.2 Å². The number of non-ortho nitro benzene ring substituents is 1. The zero-order valence-electron chi connectivity index (χ0n) is 12.0. The van der Waals surface area contributed by atoms with Crippen molar-refractivity contribution in [2.75, 3.05) is 18.5 Å². The number of fused-ring (bicyclic) bond motifs is 1. The SMILES string of the molecule is CC(CO)CCCNc1ccc2cc([N+](=O)[O-])ccc2n1. The highest BCUT2D eigenvalue weighted by Gasteiger charge is 2.07. The minimum Gasteiger partial charge on any atom is -0.396 e. The fraction of sp³-hybridized carbons (Fsp3) is 0.400. The van der Waals surface area contributed by atoms with Gasteiger partial charge in [-0.1, -0.05) is 6.92 Å². The first kappa shape index (κ1) is 15.2. The quantitative estimate of drug-likeness (QED) is 0.465. The van der Waals surface area contributed by atoms with Crippen molar-refractivity contribution in [3.8, 4) is 0 Å². The van der Waals surface area contributed by atoms with Crippen LogP contribution >= 0.6 is 0 Å². The Balaban J connectivity index is 1.99. The van der Waals surface area contributed by atoms with Gasteiger partial charge in [-0.05, 0) is 37.0 Å². The molecular formula is C15H19N3O3. The van der Waals surface area contributed by atoms with Crippen molar-refractivity contribution < 1.29 is 10.0 Å². The first-order valence-corrected chi connectivity index (χ1v) is 7.00. The largest absolute Gasteiger partial charge is 0.396 e. The first-order valence-electron chi connectivity index (χ1n) is 7.00. The number of hydrogen-bond donors (Lipinski definition) is 2. The van der Waals surface area contributed by atoms with E-state index in [2.05, 4.69) is 10.3 Å². The Hall–Kier alpha value is -2.21. The number of nitro groups is 1. The van der Waals surface area contributed by atoms with Gasteiger partial charge in [-0.2, -0.15) is 0 Å². The highest BCUT2D eigenvalue weighted by atomic mass is 16.6. The Morgan fingerprint density at radius 3 is 2.90 bits per heavy atom. The number of nitrogens with one attached hydrogen (secondary N) is 1. The van der Waals surface area contributed by atoms with Crippen LogP contribution in [-0.2, 0) is 0 Å². The number of hydrogen-bond acceptors (Lipinski definition) is 5. The van der Waals surface area contributed by atoms with E-state index in [1.54, 1.807) is 6.07 Å². The highest BCUT2D eigenvalue weighted by Crippen LogP contribution is 2.21. The van der Waals surface area contributed by atoms with Crippen LogP contribution in [0.4, 0.5) is 11.5 Å². The Morgan fingerprint density at radius 2 is 2.19 bits per heavy atom. The fourth-order valence-corrected chi connectivity index (χ4v) is 2.08. The summed E-state index contributed by atoms with van der Waals surface area (Å²) in [5.41, 5.74) is 0.803. The van der Waals surface area contributed by atoms with Crippen molar-refractivity contribution in [3.05, 3.63) is 40.4 Å². The Morgan fingerprint density at radius 1 is 1.38 bits per heavy atom. The average molecular weight is 289 g/mol. The molecule has 0 fully saturated rings. The lowest BCUT2D eigenvalue weighted by atomic mass is 10.1. The van der Waals surface area contributed by atoms with Gasteiger partial charge in [0.05, 0.1) is 10.4 Å². The zero-order chi connectivity index (χ0) is 15.2. The summed E-state index contributed by atoms with van der Waals surface area (Å²) in [7, 11) is 0. The van der Waals surface area contributed by atoms with Crippen molar-refractivity contribution >= 4 is 22.4 Å². The summed E-state index contributed by atoms with van der Waals surface area (Å²) in [6.45, 7) is 3.02. The minimum absolute atomic E-state index is 0.0722. The van der Waals surface area contributed by atoms with Crippen LogP contribution < -0.4 is 5.32 Å². The molecule has 0 amide bonds. The summed E-state index contributed by atoms with van der Waals surface area (Å²) in [6, 6.07) is 8.29. The molecule has 1 atom stereocenters. The molecule has 0 aliphatic carbocycles.